The fourth-order valence-corrected chi connectivity index (χ4v) is 4.53. The minimum absolute atomic E-state index is 0.463. The molecule has 2 rings (SSSR count). The topological polar surface area (TPSA) is 19.7 Å². The molecule has 0 aromatic rings. The average molecular weight is 284 g/mol. The number of nitrogens with one attached hydrogen (secondary N) is 2. The number of rotatable bonds is 3. The maximum absolute atomic E-state index is 5.62. The fraction of sp³-hybridized carbons (Fsp3) is 0.933. The minimum atomic E-state index is 0.463. The minimum Gasteiger partial charge on any atom is -0.357 e. The zero-order chi connectivity index (χ0) is 14.3. The highest BCUT2D eigenvalue weighted by Crippen LogP contribution is 2.52. The quantitative estimate of drug-likeness (QED) is 0.752. The zero-order valence-corrected chi connectivity index (χ0v) is 14.0. The van der Waals surface area contributed by atoms with E-state index in [2.05, 4.69) is 45.1 Å². The van der Waals surface area contributed by atoms with Crippen LogP contribution in [0.3, 0.4) is 0 Å². The van der Waals surface area contributed by atoms with E-state index >= 15 is 0 Å². The third-order valence-electron chi connectivity index (χ3n) is 4.58. The second-order valence-corrected chi connectivity index (χ2v) is 8.42. The van der Waals surface area contributed by atoms with Gasteiger partial charge in [-0.25, -0.2) is 0 Å². The molecule has 0 aromatic heterocycles. The van der Waals surface area contributed by atoms with Gasteiger partial charge in [-0.1, -0.05) is 20.8 Å². The molecule has 1 heterocycles. The molecular weight excluding hydrogens is 254 g/mol. The predicted molar refractivity (Wildman–Crippen MR) is 84.5 cm³/mol. The molecule has 2 fully saturated rings. The molecule has 2 aliphatic rings. The van der Waals surface area contributed by atoms with Crippen molar-refractivity contribution < 1.29 is 4.90 Å². The van der Waals surface area contributed by atoms with E-state index in [1.807, 2.05) is 0 Å². The van der Waals surface area contributed by atoms with E-state index in [9.17, 15) is 0 Å². The summed E-state index contributed by atoms with van der Waals surface area (Å²) < 4.78 is 0. The van der Waals surface area contributed by atoms with Crippen molar-refractivity contribution in [1.29, 1.82) is 0 Å². The van der Waals surface area contributed by atoms with Gasteiger partial charge in [0.1, 0.15) is 0 Å². The van der Waals surface area contributed by atoms with Gasteiger partial charge in [-0.05, 0) is 42.3 Å². The van der Waals surface area contributed by atoms with Gasteiger partial charge in [0.2, 0.25) is 0 Å². The van der Waals surface area contributed by atoms with E-state index in [1.54, 1.807) is 0 Å². The summed E-state index contributed by atoms with van der Waals surface area (Å²) in [5, 5.41) is 4.43. The first kappa shape index (κ1) is 15.0. The van der Waals surface area contributed by atoms with Gasteiger partial charge < -0.3 is 15.1 Å². The lowest BCUT2D eigenvalue weighted by atomic mass is 9.65. The Kier molecular flexibility index (Phi) is 4.12. The van der Waals surface area contributed by atoms with Crippen molar-refractivity contribution in [1.82, 2.24) is 10.2 Å². The summed E-state index contributed by atoms with van der Waals surface area (Å²) in [7, 11) is 4.36. The van der Waals surface area contributed by atoms with Crippen LogP contribution in [-0.4, -0.2) is 49.8 Å². The molecule has 1 aliphatic heterocycles. The summed E-state index contributed by atoms with van der Waals surface area (Å²) in [6.45, 7) is 10.5. The molecule has 0 unspecified atom stereocenters. The number of likely N-dealkylation sites (N-methyl/N-ethyl adjacent to an activating group) is 1. The van der Waals surface area contributed by atoms with E-state index in [0.29, 0.717) is 16.9 Å². The van der Waals surface area contributed by atoms with Gasteiger partial charge in [0.15, 0.2) is 5.11 Å². The van der Waals surface area contributed by atoms with Gasteiger partial charge in [0.05, 0.1) is 27.2 Å². The largest absolute Gasteiger partial charge is 0.357 e. The Balaban J connectivity index is 1.93. The van der Waals surface area contributed by atoms with Gasteiger partial charge in [-0.3, -0.25) is 0 Å². The monoisotopic (exact) mass is 284 g/mol. The van der Waals surface area contributed by atoms with Crippen molar-refractivity contribution in [3.63, 3.8) is 0 Å². The number of nitrogens with zero attached hydrogens (tertiary/aromatic N) is 1. The Bertz CT molecular complexity index is 353. The highest BCUT2D eigenvalue weighted by molar-refractivity contribution is 7.80. The zero-order valence-electron chi connectivity index (χ0n) is 13.2. The summed E-state index contributed by atoms with van der Waals surface area (Å²) in [5.41, 5.74) is 0.931. The number of likely N-dealkylation sites (tertiary alicyclic amines) is 1. The maximum atomic E-state index is 5.62. The number of hydrogen-bond acceptors (Lipinski definition) is 1. The van der Waals surface area contributed by atoms with Gasteiger partial charge in [0, 0.05) is 12.6 Å². The molecule has 2 atom stereocenters. The number of hydrogen-bond donors (Lipinski definition) is 2. The van der Waals surface area contributed by atoms with Gasteiger partial charge in [-0.2, -0.15) is 0 Å². The Morgan fingerprint density at radius 3 is 2.63 bits per heavy atom. The van der Waals surface area contributed by atoms with E-state index in [0.717, 1.165) is 24.7 Å². The summed E-state index contributed by atoms with van der Waals surface area (Å²) in [5.74, 6) is 0. The molecule has 4 heteroatoms. The molecule has 0 amide bonds. The molecule has 1 aliphatic carbocycles. The van der Waals surface area contributed by atoms with Gasteiger partial charge >= 0.3 is 0 Å². The third kappa shape index (κ3) is 3.60. The van der Waals surface area contributed by atoms with E-state index in [4.69, 9.17) is 12.2 Å². The van der Waals surface area contributed by atoms with Crippen LogP contribution in [0.1, 0.15) is 40.0 Å². The molecule has 110 valence electrons. The first-order chi connectivity index (χ1) is 8.71. The fourth-order valence-electron chi connectivity index (χ4n) is 4.22. The predicted octanol–water partition coefficient (Wildman–Crippen LogP) is 0.906. The molecule has 19 heavy (non-hydrogen) atoms. The smallest absolute Gasteiger partial charge is 0.169 e. The Hall–Kier alpha value is -0.350. The van der Waals surface area contributed by atoms with Gasteiger partial charge in [-0.15, -0.1) is 0 Å². The molecule has 2 N–H and O–H groups in total. The lowest BCUT2D eigenvalue weighted by molar-refractivity contribution is -0.856. The van der Waals surface area contributed by atoms with Crippen LogP contribution in [0, 0.1) is 10.8 Å². The van der Waals surface area contributed by atoms with E-state index in [-0.39, 0.29) is 0 Å². The Morgan fingerprint density at radius 2 is 2.00 bits per heavy atom. The summed E-state index contributed by atoms with van der Waals surface area (Å²) in [4.78, 5) is 3.93. The van der Waals surface area contributed by atoms with Crippen molar-refractivity contribution in [2.45, 2.75) is 46.1 Å². The molecule has 0 aromatic carbocycles. The van der Waals surface area contributed by atoms with Crippen molar-refractivity contribution >= 4 is 17.3 Å². The molecular formula is C15H30N3S+. The van der Waals surface area contributed by atoms with Crippen LogP contribution in [-0.2, 0) is 0 Å². The maximum Gasteiger partial charge on any atom is 0.169 e. The van der Waals surface area contributed by atoms with Crippen LogP contribution >= 0.6 is 12.2 Å². The molecule has 3 nitrogen and oxygen atoms in total. The van der Waals surface area contributed by atoms with Crippen LogP contribution in [0.2, 0.25) is 0 Å². The lowest BCUT2D eigenvalue weighted by Gasteiger charge is -2.39. The molecule has 0 radical (unpaired) electrons. The number of fused-ring (bicyclic) bond motifs is 2. The standard InChI is InChI=1S/C15H29N3S/c1-14(2)8-12-9-15(3,10-14)11-18(12)13(19)16-6-7-17(4)5/h12H,6-11H2,1-5H3,(H,16,19)/p+1/t12-,15-/m0/s1. The van der Waals surface area contributed by atoms with Crippen LogP contribution in [0.4, 0.5) is 0 Å². The second kappa shape index (κ2) is 5.21. The molecule has 0 spiro atoms. The summed E-state index contributed by atoms with van der Waals surface area (Å²) in [6.07, 6.45) is 3.93. The SMILES string of the molecule is C[NH+](C)CCNC(=S)N1C[C@@]2(C)C[C@@H]1CC(C)(C)C2. The molecule has 1 saturated heterocycles. The van der Waals surface area contributed by atoms with E-state index < -0.39 is 0 Å². The van der Waals surface area contributed by atoms with Crippen LogP contribution < -0.4 is 10.2 Å². The first-order valence-corrected chi connectivity index (χ1v) is 7.95. The average Bonchev–Trinajstić information content (AvgIpc) is 2.47. The molecule has 1 saturated carbocycles. The van der Waals surface area contributed by atoms with Crippen LogP contribution in [0.25, 0.3) is 0 Å². The van der Waals surface area contributed by atoms with E-state index in [1.165, 1.54) is 24.2 Å². The van der Waals surface area contributed by atoms with Gasteiger partial charge in [0.25, 0.3) is 0 Å². The third-order valence-corrected chi connectivity index (χ3v) is 4.96. The van der Waals surface area contributed by atoms with Crippen LogP contribution in [0.5, 0.6) is 0 Å². The number of thiocarbonyl (C=S) groups is 1. The highest BCUT2D eigenvalue weighted by Gasteiger charge is 2.50. The summed E-state index contributed by atoms with van der Waals surface area (Å²) in [6, 6.07) is 0.653. The van der Waals surface area contributed by atoms with Crippen molar-refractivity contribution in [3.05, 3.63) is 0 Å². The normalized spacial score (nSPS) is 32.7. The van der Waals surface area contributed by atoms with Crippen molar-refractivity contribution in [3.8, 4) is 0 Å². The Labute approximate surface area is 123 Å². The van der Waals surface area contributed by atoms with Crippen LogP contribution in [0.15, 0.2) is 0 Å². The Morgan fingerprint density at radius 1 is 1.32 bits per heavy atom. The van der Waals surface area contributed by atoms with Crippen molar-refractivity contribution in [2.24, 2.45) is 10.8 Å². The summed E-state index contributed by atoms with van der Waals surface area (Å²) >= 11 is 5.62. The molecule has 2 bridgehead atoms. The number of quaternary nitrogens is 1. The second-order valence-electron chi connectivity index (χ2n) is 8.03. The van der Waals surface area contributed by atoms with Crippen molar-refractivity contribution in [2.75, 3.05) is 33.7 Å². The highest BCUT2D eigenvalue weighted by atomic mass is 32.1. The first-order valence-electron chi connectivity index (χ1n) is 7.54. The lowest BCUT2D eigenvalue weighted by Crippen LogP contribution is -3.06.